The molecule has 140 valence electrons. The normalized spacial score (nSPS) is 18.0. The van der Waals surface area contributed by atoms with Gasteiger partial charge in [0.1, 0.15) is 17.8 Å². The lowest BCUT2D eigenvalue weighted by atomic mass is 10.0. The summed E-state index contributed by atoms with van der Waals surface area (Å²) in [4.78, 5) is 18.1. The van der Waals surface area contributed by atoms with Crippen LogP contribution in [0.5, 0.6) is 0 Å². The molecule has 9 heteroatoms. The van der Waals surface area contributed by atoms with E-state index in [9.17, 15) is 27.5 Å². The predicted octanol–water partition coefficient (Wildman–Crippen LogP) is 2.48. The number of allylic oxidation sites excluding steroid dienone is 4. The molecule has 1 aromatic rings. The molecule has 0 heterocycles. The Bertz CT molecular complexity index is 923. The van der Waals surface area contributed by atoms with Gasteiger partial charge in [-0.1, -0.05) is 18.2 Å². The summed E-state index contributed by atoms with van der Waals surface area (Å²) in [6.45, 7) is 0. The number of aliphatic imine (C=N–C) groups is 2. The van der Waals surface area contributed by atoms with E-state index in [-0.39, 0.29) is 22.7 Å². The van der Waals surface area contributed by atoms with Crippen molar-refractivity contribution in [3.8, 4) is 0 Å². The molecule has 5 nitrogen and oxygen atoms in total. The van der Waals surface area contributed by atoms with Crippen LogP contribution < -0.4 is 5.11 Å². The van der Waals surface area contributed by atoms with Gasteiger partial charge in [0.25, 0.3) is 7.11 Å². The Morgan fingerprint density at radius 2 is 2.00 bits per heavy atom. The van der Waals surface area contributed by atoms with Gasteiger partial charge in [0, 0.05) is 11.6 Å². The minimum absolute atomic E-state index is 0.0695. The van der Waals surface area contributed by atoms with E-state index in [2.05, 4.69) is 9.98 Å². The number of carbonyl (C=O) groups excluding carboxylic acids is 2. The predicted molar refractivity (Wildman–Crippen MR) is 90.2 cm³/mol. The molecule has 0 saturated heterocycles. The number of hydrogen-bond acceptors (Lipinski definition) is 3. The summed E-state index contributed by atoms with van der Waals surface area (Å²) in [6.07, 6.45) is 0.774. The van der Waals surface area contributed by atoms with Gasteiger partial charge in [-0.25, -0.2) is 14.4 Å². The molecule has 0 N–H and O–H groups in total. The number of halogens is 4. The number of carboxylic acids is 1. The highest BCUT2D eigenvalue weighted by Crippen LogP contribution is 2.28. The molecule has 0 atom stereocenters. The van der Waals surface area contributed by atoms with Crippen LogP contribution in [0.25, 0.3) is 6.08 Å². The first-order chi connectivity index (χ1) is 12.7. The number of alkyl halides is 3. The summed E-state index contributed by atoms with van der Waals surface area (Å²) in [5.74, 6) is -2.18. The van der Waals surface area contributed by atoms with Crippen molar-refractivity contribution >= 4 is 35.6 Å². The molecule has 0 fully saturated rings. The quantitative estimate of drug-likeness (QED) is 0.201. The van der Waals surface area contributed by atoms with Crippen LogP contribution in [-0.4, -0.2) is 37.1 Å². The lowest BCUT2D eigenvalue weighted by Crippen LogP contribution is -2.21. The highest BCUT2D eigenvalue weighted by atomic mass is 19.4. The molecule has 0 radical (unpaired) electrons. The number of benzene rings is 1. The van der Waals surface area contributed by atoms with Gasteiger partial charge in [-0.3, -0.25) is 4.42 Å². The Kier molecular flexibility index (Phi) is 6.17. The van der Waals surface area contributed by atoms with Gasteiger partial charge in [-0.05, 0) is 24.3 Å². The Morgan fingerprint density at radius 3 is 2.63 bits per heavy atom. The highest BCUT2D eigenvalue weighted by Gasteiger charge is 2.35. The maximum absolute atomic E-state index is 13.9. The van der Waals surface area contributed by atoms with E-state index in [4.69, 9.17) is 4.42 Å². The molecule has 0 aliphatic heterocycles. The zero-order valence-electron chi connectivity index (χ0n) is 13.8. The second kappa shape index (κ2) is 8.35. The number of nitrogens with zero attached hydrogens (tertiary/aromatic N) is 2. The van der Waals surface area contributed by atoms with Gasteiger partial charge in [0.05, 0.1) is 11.5 Å². The van der Waals surface area contributed by atoms with E-state index in [0.717, 1.165) is 36.7 Å². The number of ketones is 1. The summed E-state index contributed by atoms with van der Waals surface area (Å²) in [5, 5.41) is 10.5. The lowest BCUT2D eigenvalue weighted by molar-refractivity contribution is -0.416. The van der Waals surface area contributed by atoms with Crippen molar-refractivity contribution in [2.45, 2.75) is 6.18 Å². The SMILES string of the molecule is C[O+]=C1C=CC(C(F)(F)F)=CC1=NC=Nc1c(F)cccc1/C=C/C(=O)[O-]. The molecule has 0 unspecified atom stereocenters. The molecule has 27 heavy (non-hydrogen) atoms. The molecule has 2 rings (SSSR count). The van der Waals surface area contributed by atoms with Crippen molar-refractivity contribution in [3.05, 3.63) is 59.5 Å². The van der Waals surface area contributed by atoms with Crippen LogP contribution in [-0.2, 0) is 9.22 Å². The third kappa shape index (κ3) is 5.30. The number of para-hydroxylation sites is 1. The third-order valence-corrected chi connectivity index (χ3v) is 3.31. The largest absolute Gasteiger partial charge is 0.545 e. The monoisotopic (exact) mass is 380 g/mol. The van der Waals surface area contributed by atoms with Crippen molar-refractivity contribution in [2.75, 3.05) is 7.11 Å². The first kappa shape index (κ1) is 20.0. The zero-order valence-corrected chi connectivity index (χ0v) is 13.8. The summed E-state index contributed by atoms with van der Waals surface area (Å²) >= 11 is 0. The molecule has 1 aliphatic carbocycles. The van der Waals surface area contributed by atoms with Crippen molar-refractivity contribution < 1.29 is 31.9 Å². The summed E-state index contributed by atoms with van der Waals surface area (Å²) in [5.41, 5.74) is -1.19. The maximum atomic E-state index is 13.9. The van der Waals surface area contributed by atoms with Gasteiger partial charge in [0.2, 0.25) is 0 Å². The average Bonchev–Trinajstić information content (AvgIpc) is 2.60. The van der Waals surface area contributed by atoms with Crippen LogP contribution in [0, 0.1) is 5.82 Å². The molecular formula is C18H12F4N2O3. The summed E-state index contributed by atoms with van der Waals surface area (Å²) < 4.78 is 57.3. The van der Waals surface area contributed by atoms with Gasteiger partial charge in [-0.2, -0.15) is 13.2 Å². The zero-order chi connectivity index (χ0) is 20.0. The molecule has 0 saturated carbocycles. The summed E-state index contributed by atoms with van der Waals surface area (Å²) in [7, 11) is 1.26. The Balaban J connectivity index is 2.39. The van der Waals surface area contributed by atoms with Gasteiger partial charge in [0.15, 0.2) is 5.71 Å². The Morgan fingerprint density at radius 1 is 1.26 bits per heavy atom. The molecule has 0 amide bonds. The minimum Gasteiger partial charge on any atom is -0.545 e. The van der Waals surface area contributed by atoms with Crippen molar-refractivity contribution in [3.63, 3.8) is 0 Å². The third-order valence-electron chi connectivity index (χ3n) is 3.31. The van der Waals surface area contributed by atoms with Crippen molar-refractivity contribution in [1.82, 2.24) is 0 Å². The lowest BCUT2D eigenvalue weighted by Gasteiger charge is -2.09. The van der Waals surface area contributed by atoms with Crippen LogP contribution in [0.1, 0.15) is 5.56 Å². The van der Waals surface area contributed by atoms with E-state index in [1.807, 2.05) is 0 Å². The minimum atomic E-state index is -4.57. The molecule has 1 aliphatic rings. The number of aliphatic carboxylic acids is 1. The first-order valence-electron chi connectivity index (χ1n) is 7.38. The first-order valence-corrected chi connectivity index (χ1v) is 7.38. The fourth-order valence-corrected chi connectivity index (χ4v) is 2.08. The van der Waals surface area contributed by atoms with Crippen molar-refractivity contribution in [2.24, 2.45) is 9.98 Å². The fourth-order valence-electron chi connectivity index (χ4n) is 2.08. The Labute approximate surface area is 151 Å². The van der Waals surface area contributed by atoms with Crippen LogP contribution in [0.15, 0.2) is 58.1 Å². The van der Waals surface area contributed by atoms with Gasteiger partial charge in [-0.15, -0.1) is 0 Å². The number of rotatable bonds is 4. The molecule has 0 aromatic heterocycles. The van der Waals surface area contributed by atoms with E-state index >= 15 is 0 Å². The van der Waals surface area contributed by atoms with E-state index in [1.54, 1.807) is 0 Å². The van der Waals surface area contributed by atoms with Crippen LogP contribution in [0.2, 0.25) is 0 Å². The van der Waals surface area contributed by atoms with E-state index in [0.29, 0.717) is 6.08 Å². The highest BCUT2D eigenvalue weighted by molar-refractivity contribution is 6.50. The topological polar surface area (TPSA) is 76.1 Å². The van der Waals surface area contributed by atoms with E-state index in [1.165, 1.54) is 19.2 Å². The maximum Gasteiger partial charge on any atom is 0.416 e. The molecule has 0 bridgehead atoms. The van der Waals surface area contributed by atoms with Crippen LogP contribution in [0.4, 0.5) is 23.2 Å². The Hall–Kier alpha value is -3.36. The number of carboxylic acid groups (broad SMARTS) is 1. The average molecular weight is 380 g/mol. The smallest absolute Gasteiger partial charge is 0.416 e. The number of carbonyl (C=O) groups is 1. The number of hydrogen-bond donors (Lipinski definition) is 0. The molecule has 0 spiro atoms. The van der Waals surface area contributed by atoms with Crippen LogP contribution >= 0.6 is 0 Å². The molecular weight excluding hydrogens is 368 g/mol. The van der Waals surface area contributed by atoms with Gasteiger partial charge < -0.3 is 9.90 Å². The fraction of sp³-hybridized carbons (Fsp3) is 0.111. The van der Waals surface area contributed by atoms with Crippen molar-refractivity contribution in [1.29, 1.82) is 0 Å². The van der Waals surface area contributed by atoms with Crippen LogP contribution in [0.3, 0.4) is 0 Å². The van der Waals surface area contributed by atoms with Gasteiger partial charge >= 0.3 is 12.0 Å². The molecule has 1 aromatic carbocycles. The summed E-state index contributed by atoms with van der Waals surface area (Å²) in [6, 6.07) is 3.84. The second-order valence-electron chi connectivity index (χ2n) is 5.09. The standard InChI is InChI=1S/C18H12F4N2O3/c1-27-15-7-6-12(18(20,21)22)9-14(15)23-10-24-17-11(5-8-16(25)26)3-2-4-13(17)19/h2-10H,1H3/b8-5+,23-14?,24-10?. The van der Waals surface area contributed by atoms with E-state index < -0.39 is 23.5 Å². The second-order valence-corrected chi connectivity index (χ2v) is 5.09.